The summed E-state index contributed by atoms with van der Waals surface area (Å²) in [6, 6.07) is 5.65. The number of carboxylic acid groups (broad SMARTS) is 1. The first-order chi connectivity index (χ1) is 13.1. The second-order valence-corrected chi connectivity index (χ2v) is 6.05. The fourth-order valence-electron chi connectivity index (χ4n) is 2.42. The van der Waals surface area contributed by atoms with Gasteiger partial charge in [0, 0.05) is 13.6 Å². The summed E-state index contributed by atoms with van der Waals surface area (Å²) in [5.74, 6) is -3.61. The van der Waals surface area contributed by atoms with Gasteiger partial charge in [-0.2, -0.15) is 0 Å². The lowest BCUT2D eigenvalue weighted by molar-refractivity contribution is -0.122. The van der Waals surface area contributed by atoms with E-state index in [-0.39, 0.29) is 30.1 Å². The highest BCUT2D eigenvalue weighted by molar-refractivity contribution is 6.43. The van der Waals surface area contributed by atoms with Crippen molar-refractivity contribution < 1.29 is 29.5 Å². The van der Waals surface area contributed by atoms with Crippen LogP contribution in [0.5, 0.6) is 0 Å². The van der Waals surface area contributed by atoms with Crippen LogP contribution in [0.15, 0.2) is 29.3 Å². The third-order valence-corrected chi connectivity index (χ3v) is 3.79. The Morgan fingerprint density at radius 1 is 1.21 bits per heavy atom. The van der Waals surface area contributed by atoms with Crippen molar-refractivity contribution in [1.82, 2.24) is 10.2 Å². The Labute approximate surface area is 162 Å². The van der Waals surface area contributed by atoms with Gasteiger partial charge >= 0.3 is 13.1 Å². The van der Waals surface area contributed by atoms with E-state index in [0.29, 0.717) is 6.42 Å². The summed E-state index contributed by atoms with van der Waals surface area (Å²) in [5.41, 5.74) is 10.2. The van der Waals surface area contributed by atoms with E-state index in [1.54, 1.807) is 0 Å². The molecule has 0 aliphatic carbocycles. The fraction of sp³-hybridized carbons (Fsp3) is 0.375. The number of amides is 2. The third kappa shape index (κ3) is 7.25. The number of carbonyl (C=O) groups is 3. The molecule has 0 heterocycles. The molecule has 12 heteroatoms. The van der Waals surface area contributed by atoms with Crippen molar-refractivity contribution in [2.75, 3.05) is 20.1 Å². The van der Waals surface area contributed by atoms with Gasteiger partial charge in [-0.15, -0.1) is 0 Å². The summed E-state index contributed by atoms with van der Waals surface area (Å²) in [6.45, 7) is -0.143. The number of carboxylic acids is 1. The first kappa shape index (κ1) is 22.9. The maximum Gasteiger partial charge on any atom is 0.475 e. The van der Waals surface area contributed by atoms with Crippen molar-refractivity contribution in [3.63, 3.8) is 0 Å². The van der Waals surface area contributed by atoms with E-state index >= 15 is 0 Å². The van der Waals surface area contributed by atoms with E-state index in [2.05, 4.69) is 10.3 Å². The molecule has 0 saturated carbocycles. The number of hydrogen-bond donors (Lipinski definition) is 6. The van der Waals surface area contributed by atoms with Crippen LogP contribution >= 0.6 is 0 Å². The van der Waals surface area contributed by atoms with Gasteiger partial charge in [-0.1, -0.05) is 12.1 Å². The Kier molecular flexibility index (Phi) is 8.92. The van der Waals surface area contributed by atoms with Crippen LogP contribution in [0.2, 0.25) is 0 Å². The molecule has 1 rings (SSSR count). The van der Waals surface area contributed by atoms with Gasteiger partial charge in [-0.05, 0) is 25.0 Å². The number of guanidine groups is 1. The predicted molar refractivity (Wildman–Crippen MR) is 102 cm³/mol. The number of nitrogens with one attached hydrogen (secondary N) is 1. The number of carbonyl (C=O) groups excluding carboxylic acids is 2. The zero-order chi connectivity index (χ0) is 21.3. The predicted octanol–water partition coefficient (Wildman–Crippen LogP) is -1.99. The zero-order valence-corrected chi connectivity index (χ0v) is 15.4. The van der Waals surface area contributed by atoms with Crippen LogP contribution in [0.4, 0.5) is 0 Å². The molecule has 0 aliphatic heterocycles. The van der Waals surface area contributed by atoms with Crippen LogP contribution in [0.1, 0.15) is 33.6 Å². The number of likely N-dealkylation sites (N-methyl/N-ethyl adjacent to an activating group) is 1. The monoisotopic (exact) mass is 393 g/mol. The number of rotatable bonds is 10. The number of aromatic carboxylic acids is 1. The molecule has 2 amide bonds. The highest BCUT2D eigenvalue weighted by Crippen LogP contribution is 2.11. The normalized spacial score (nSPS) is 11.2. The van der Waals surface area contributed by atoms with E-state index in [4.69, 9.17) is 16.6 Å². The van der Waals surface area contributed by atoms with Crippen molar-refractivity contribution in [2.45, 2.75) is 18.8 Å². The molecule has 1 unspecified atom stereocenters. The second-order valence-electron chi connectivity index (χ2n) is 6.05. The van der Waals surface area contributed by atoms with Crippen molar-refractivity contribution in [3.8, 4) is 0 Å². The van der Waals surface area contributed by atoms with Crippen molar-refractivity contribution in [1.29, 1.82) is 0 Å². The summed E-state index contributed by atoms with van der Waals surface area (Å²) in [6.07, 6.45) is 0.584. The van der Waals surface area contributed by atoms with Crippen LogP contribution < -0.4 is 16.8 Å². The first-order valence-corrected chi connectivity index (χ1v) is 8.42. The van der Waals surface area contributed by atoms with Gasteiger partial charge in [-0.25, -0.2) is 4.79 Å². The molecule has 152 valence electrons. The van der Waals surface area contributed by atoms with E-state index < -0.39 is 37.4 Å². The van der Waals surface area contributed by atoms with Gasteiger partial charge in [-0.3, -0.25) is 14.6 Å². The molecule has 28 heavy (non-hydrogen) atoms. The topological polar surface area (TPSA) is 192 Å². The average Bonchev–Trinajstić information content (AvgIpc) is 2.62. The van der Waals surface area contributed by atoms with Crippen LogP contribution in [0, 0.1) is 0 Å². The van der Waals surface area contributed by atoms with Crippen LogP contribution in [0.3, 0.4) is 0 Å². The van der Waals surface area contributed by atoms with E-state index in [1.807, 2.05) is 0 Å². The molecule has 11 nitrogen and oxygen atoms in total. The number of nitrogens with two attached hydrogens (primary N) is 2. The fourth-order valence-corrected chi connectivity index (χ4v) is 2.42. The molecule has 0 spiro atoms. The standard InChI is InChI=1S/C16H24BN5O6/c1-22(14(24)10-5-2-3-6-11(10)15(25)26)9-13(23)21-12(17(27)28)7-4-8-20-16(18)19/h2-3,5-6,12,27-28H,4,7-9H2,1H3,(H,21,23)(H,25,26)(H4,18,19,20). The van der Waals surface area contributed by atoms with E-state index in [0.717, 1.165) is 4.90 Å². The summed E-state index contributed by atoms with van der Waals surface area (Å²) in [4.78, 5) is 40.6. The van der Waals surface area contributed by atoms with Gasteiger partial charge in [0.15, 0.2) is 5.96 Å². The van der Waals surface area contributed by atoms with Crippen molar-refractivity contribution in [3.05, 3.63) is 35.4 Å². The SMILES string of the molecule is CN(CC(=O)NC(CCCN=C(N)N)B(O)O)C(=O)c1ccccc1C(=O)O. The minimum Gasteiger partial charge on any atom is -0.478 e. The van der Waals surface area contributed by atoms with Gasteiger partial charge in [0.2, 0.25) is 5.91 Å². The Morgan fingerprint density at radius 3 is 2.36 bits per heavy atom. The Bertz CT molecular complexity index is 738. The summed E-state index contributed by atoms with van der Waals surface area (Å²) in [7, 11) is -0.471. The first-order valence-electron chi connectivity index (χ1n) is 8.42. The number of aliphatic imine (C=N–C) groups is 1. The maximum atomic E-state index is 12.4. The molecule has 1 aromatic carbocycles. The van der Waals surface area contributed by atoms with Gasteiger partial charge < -0.3 is 36.8 Å². The highest BCUT2D eigenvalue weighted by atomic mass is 16.4. The quantitative estimate of drug-likeness (QED) is 0.114. The van der Waals surface area contributed by atoms with Gasteiger partial charge in [0.25, 0.3) is 5.91 Å². The van der Waals surface area contributed by atoms with E-state index in [9.17, 15) is 24.4 Å². The summed E-state index contributed by atoms with van der Waals surface area (Å²) in [5, 5.41) is 30.4. The minimum absolute atomic E-state index is 0.0544. The van der Waals surface area contributed by atoms with Gasteiger partial charge in [0.1, 0.15) is 0 Å². The molecule has 0 bridgehead atoms. The Balaban J connectivity index is 2.68. The molecule has 1 atom stereocenters. The highest BCUT2D eigenvalue weighted by Gasteiger charge is 2.26. The molecular formula is C16H24BN5O6. The molecule has 0 radical (unpaired) electrons. The molecular weight excluding hydrogens is 369 g/mol. The minimum atomic E-state index is -1.81. The number of hydrogen-bond acceptors (Lipinski definition) is 6. The lowest BCUT2D eigenvalue weighted by Crippen LogP contribution is -2.49. The zero-order valence-electron chi connectivity index (χ0n) is 15.4. The van der Waals surface area contributed by atoms with Crippen LogP contribution in [-0.2, 0) is 4.79 Å². The molecule has 0 aromatic heterocycles. The third-order valence-electron chi connectivity index (χ3n) is 3.79. The Morgan fingerprint density at radius 2 is 1.82 bits per heavy atom. The van der Waals surface area contributed by atoms with Crippen LogP contribution in [-0.4, -0.2) is 77.0 Å². The summed E-state index contributed by atoms with van der Waals surface area (Å²) < 4.78 is 0. The largest absolute Gasteiger partial charge is 0.478 e. The van der Waals surface area contributed by atoms with Crippen molar-refractivity contribution >= 4 is 30.9 Å². The Hall–Kier alpha value is -3.12. The lowest BCUT2D eigenvalue weighted by Gasteiger charge is -2.21. The smallest absolute Gasteiger partial charge is 0.475 e. The molecule has 0 aliphatic rings. The number of benzene rings is 1. The summed E-state index contributed by atoms with van der Waals surface area (Å²) >= 11 is 0. The molecule has 0 fully saturated rings. The molecule has 0 saturated heterocycles. The maximum absolute atomic E-state index is 12.4. The number of nitrogens with zero attached hydrogens (tertiary/aromatic N) is 2. The van der Waals surface area contributed by atoms with Crippen molar-refractivity contribution in [2.24, 2.45) is 16.5 Å². The average molecular weight is 393 g/mol. The van der Waals surface area contributed by atoms with Gasteiger partial charge in [0.05, 0.1) is 23.6 Å². The molecule has 1 aromatic rings. The lowest BCUT2D eigenvalue weighted by atomic mass is 9.76. The second kappa shape index (κ2) is 10.9. The molecule has 8 N–H and O–H groups in total. The van der Waals surface area contributed by atoms with Crippen LogP contribution in [0.25, 0.3) is 0 Å². The van der Waals surface area contributed by atoms with E-state index in [1.165, 1.54) is 31.3 Å².